The number of aromatic nitrogens is 2. The normalized spacial score (nSPS) is 12.2. The molecule has 2 nitrogen and oxygen atoms in total. The van der Waals surface area contributed by atoms with Crippen molar-refractivity contribution in [2.24, 2.45) is 0 Å². The number of nitrogens with zero attached hydrogens (tertiary/aromatic N) is 2. The third-order valence-corrected chi connectivity index (χ3v) is 4.54. The fourth-order valence-corrected chi connectivity index (χ4v) is 3.40. The largest absolute Gasteiger partial charge is 0.252 e. The molecule has 2 heteroatoms. The van der Waals surface area contributed by atoms with Crippen LogP contribution in [0.1, 0.15) is 11.1 Å². The van der Waals surface area contributed by atoms with Crippen LogP contribution >= 0.6 is 0 Å². The highest BCUT2D eigenvalue weighted by Gasteiger charge is 2.18. The molecule has 5 rings (SSSR count). The number of hydrogen-bond donors (Lipinski definition) is 0. The molecule has 0 N–H and O–H groups in total. The zero-order valence-corrected chi connectivity index (χ0v) is 12.5. The van der Waals surface area contributed by atoms with E-state index in [9.17, 15) is 0 Å². The van der Waals surface area contributed by atoms with Gasteiger partial charge in [-0.1, -0.05) is 48.5 Å². The van der Waals surface area contributed by atoms with Crippen LogP contribution in [0.5, 0.6) is 0 Å². The Hall–Kier alpha value is -3.00. The van der Waals surface area contributed by atoms with E-state index in [-0.39, 0.29) is 0 Å². The Bertz CT molecular complexity index is 1050. The lowest BCUT2D eigenvalue weighted by atomic mass is 10.0. The molecule has 0 saturated heterocycles. The van der Waals surface area contributed by atoms with E-state index in [1.165, 1.54) is 22.3 Å². The zero-order chi connectivity index (χ0) is 15.2. The maximum absolute atomic E-state index is 4.76. The fourth-order valence-electron chi connectivity index (χ4n) is 3.40. The van der Waals surface area contributed by atoms with E-state index in [0.29, 0.717) is 0 Å². The van der Waals surface area contributed by atoms with E-state index in [0.717, 1.165) is 28.7 Å². The predicted molar refractivity (Wildman–Crippen MR) is 93.2 cm³/mol. The quantitative estimate of drug-likeness (QED) is 0.441. The lowest BCUT2D eigenvalue weighted by molar-refractivity contribution is 1.25. The molecule has 0 aliphatic heterocycles. The fraction of sp³-hybridized carbons (Fsp3) is 0.0476. The molecule has 0 spiro atoms. The summed E-state index contributed by atoms with van der Waals surface area (Å²) in [6.07, 6.45) is 2.87. The van der Waals surface area contributed by atoms with Gasteiger partial charge in [0.15, 0.2) is 0 Å². The standard InChI is InChI=1S/C21H14N2/c1-2-6-17-14(5-1)11-16-12-15(9-10-18(16)17)21-13-22-19-7-3-4-8-20(19)23-21/h1-10,12-13H,11H2. The molecule has 0 saturated carbocycles. The van der Waals surface area contributed by atoms with Gasteiger partial charge in [0.05, 0.1) is 22.9 Å². The molecule has 1 aliphatic rings. The van der Waals surface area contributed by atoms with E-state index in [1.807, 2.05) is 30.5 Å². The van der Waals surface area contributed by atoms with Gasteiger partial charge in [-0.15, -0.1) is 0 Å². The molecule has 0 bridgehead atoms. The Morgan fingerprint density at radius 1 is 0.696 bits per heavy atom. The van der Waals surface area contributed by atoms with Gasteiger partial charge in [-0.2, -0.15) is 0 Å². The minimum Gasteiger partial charge on any atom is -0.252 e. The second kappa shape index (κ2) is 4.75. The SMILES string of the molecule is c1ccc2c(c1)Cc1cc(-c3cnc4ccccc4n3)ccc1-2. The Morgan fingerprint density at radius 3 is 2.43 bits per heavy atom. The molecule has 0 fully saturated rings. The first-order valence-corrected chi connectivity index (χ1v) is 7.82. The molecule has 1 aromatic heterocycles. The number of hydrogen-bond acceptors (Lipinski definition) is 2. The second-order valence-electron chi connectivity index (χ2n) is 5.95. The Kier molecular flexibility index (Phi) is 2.59. The second-order valence-corrected chi connectivity index (χ2v) is 5.95. The lowest BCUT2D eigenvalue weighted by Gasteiger charge is -2.06. The van der Waals surface area contributed by atoms with Crippen LogP contribution in [0.4, 0.5) is 0 Å². The van der Waals surface area contributed by atoms with Crippen LogP contribution in [0.15, 0.2) is 72.9 Å². The van der Waals surface area contributed by atoms with Crippen molar-refractivity contribution in [1.82, 2.24) is 9.97 Å². The molecule has 4 aromatic rings. The molecule has 0 radical (unpaired) electrons. The van der Waals surface area contributed by atoms with Crippen LogP contribution < -0.4 is 0 Å². The Balaban J connectivity index is 1.63. The summed E-state index contributed by atoms with van der Waals surface area (Å²) in [6.45, 7) is 0. The van der Waals surface area contributed by atoms with E-state index in [4.69, 9.17) is 4.98 Å². The minimum absolute atomic E-state index is 0.933. The van der Waals surface area contributed by atoms with Crippen LogP contribution in [0.2, 0.25) is 0 Å². The highest BCUT2D eigenvalue weighted by atomic mass is 14.8. The number of rotatable bonds is 1. The van der Waals surface area contributed by atoms with Gasteiger partial charge in [-0.25, -0.2) is 4.98 Å². The number of para-hydroxylation sites is 2. The molecular formula is C21H14N2. The monoisotopic (exact) mass is 294 g/mol. The molecule has 3 aromatic carbocycles. The van der Waals surface area contributed by atoms with Crippen molar-refractivity contribution < 1.29 is 0 Å². The molecule has 0 unspecified atom stereocenters. The Morgan fingerprint density at radius 2 is 1.48 bits per heavy atom. The molecule has 1 heterocycles. The molecule has 1 aliphatic carbocycles. The Labute approximate surface area is 134 Å². The smallest absolute Gasteiger partial charge is 0.0894 e. The minimum atomic E-state index is 0.933. The molecular weight excluding hydrogens is 280 g/mol. The molecule has 108 valence electrons. The lowest BCUT2D eigenvalue weighted by Crippen LogP contribution is -1.90. The summed E-state index contributed by atoms with van der Waals surface area (Å²) in [7, 11) is 0. The van der Waals surface area contributed by atoms with Gasteiger partial charge in [0.25, 0.3) is 0 Å². The summed E-state index contributed by atoms with van der Waals surface area (Å²) in [4.78, 5) is 9.29. The first-order valence-electron chi connectivity index (χ1n) is 7.82. The van der Waals surface area contributed by atoms with Gasteiger partial charge >= 0.3 is 0 Å². The van der Waals surface area contributed by atoms with Crippen molar-refractivity contribution in [1.29, 1.82) is 0 Å². The van der Waals surface area contributed by atoms with Crippen molar-refractivity contribution in [2.45, 2.75) is 6.42 Å². The maximum atomic E-state index is 4.76. The number of fused-ring (bicyclic) bond motifs is 4. The average Bonchev–Trinajstić information content (AvgIpc) is 2.99. The molecule has 0 amide bonds. The van der Waals surface area contributed by atoms with Gasteiger partial charge in [0.1, 0.15) is 0 Å². The van der Waals surface area contributed by atoms with Crippen molar-refractivity contribution in [3.8, 4) is 22.4 Å². The summed E-state index contributed by atoms with van der Waals surface area (Å²) in [5, 5.41) is 0. The average molecular weight is 294 g/mol. The summed E-state index contributed by atoms with van der Waals surface area (Å²) >= 11 is 0. The van der Waals surface area contributed by atoms with E-state index in [1.54, 1.807) is 0 Å². The first kappa shape index (κ1) is 12.5. The third-order valence-electron chi connectivity index (χ3n) is 4.54. The highest BCUT2D eigenvalue weighted by Crippen LogP contribution is 2.38. The van der Waals surface area contributed by atoms with Crippen LogP contribution in [-0.2, 0) is 6.42 Å². The summed E-state index contributed by atoms with van der Waals surface area (Å²) in [5.41, 5.74) is 9.43. The maximum Gasteiger partial charge on any atom is 0.0894 e. The van der Waals surface area contributed by atoms with Crippen LogP contribution in [0.3, 0.4) is 0 Å². The van der Waals surface area contributed by atoms with Gasteiger partial charge in [0.2, 0.25) is 0 Å². The van der Waals surface area contributed by atoms with Gasteiger partial charge in [-0.05, 0) is 46.9 Å². The van der Waals surface area contributed by atoms with Gasteiger partial charge in [-0.3, -0.25) is 4.98 Å². The molecule has 23 heavy (non-hydrogen) atoms. The van der Waals surface area contributed by atoms with Crippen LogP contribution in [-0.4, -0.2) is 9.97 Å². The summed E-state index contributed by atoms with van der Waals surface area (Å²) < 4.78 is 0. The van der Waals surface area contributed by atoms with E-state index >= 15 is 0 Å². The first-order chi connectivity index (χ1) is 11.4. The van der Waals surface area contributed by atoms with E-state index < -0.39 is 0 Å². The van der Waals surface area contributed by atoms with Gasteiger partial charge < -0.3 is 0 Å². The van der Waals surface area contributed by atoms with Crippen molar-refractivity contribution in [3.63, 3.8) is 0 Å². The van der Waals surface area contributed by atoms with Gasteiger partial charge in [0, 0.05) is 5.56 Å². The van der Waals surface area contributed by atoms with Crippen LogP contribution in [0, 0.1) is 0 Å². The molecule has 0 atom stereocenters. The van der Waals surface area contributed by atoms with E-state index in [2.05, 4.69) is 47.4 Å². The third kappa shape index (κ3) is 1.95. The predicted octanol–water partition coefficient (Wildman–Crippen LogP) is 4.87. The highest BCUT2D eigenvalue weighted by molar-refractivity contribution is 5.81. The van der Waals surface area contributed by atoms with Crippen molar-refractivity contribution in [3.05, 3.63) is 84.1 Å². The van der Waals surface area contributed by atoms with Crippen LogP contribution in [0.25, 0.3) is 33.4 Å². The summed E-state index contributed by atoms with van der Waals surface area (Å²) in [6, 6.07) is 23.3. The van der Waals surface area contributed by atoms with Crippen molar-refractivity contribution in [2.75, 3.05) is 0 Å². The summed E-state index contributed by atoms with van der Waals surface area (Å²) in [5.74, 6) is 0. The topological polar surface area (TPSA) is 25.8 Å². The number of benzene rings is 3. The van der Waals surface area contributed by atoms with Crippen molar-refractivity contribution >= 4 is 11.0 Å². The zero-order valence-electron chi connectivity index (χ0n) is 12.5.